The predicted octanol–water partition coefficient (Wildman–Crippen LogP) is 1.52. The number of pyridine rings is 1. The predicted molar refractivity (Wildman–Crippen MR) is 86.6 cm³/mol. The summed E-state index contributed by atoms with van der Waals surface area (Å²) in [6.07, 6.45) is 2.45. The van der Waals surface area contributed by atoms with Gasteiger partial charge in [-0.25, -0.2) is 13.4 Å². The standard InChI is InChI=1S/C14H14ClN3O4S/c1-9(19)18(14-7-10(17-20)5-6-16-14)11-3-4-13(12(15)8-11)23(2,21)22/h3-8H,17H2,1-2H3. The van der Waals surface area contributed by atoms with Crippen molar-refractivity contribution in [2.45, 2.75) is 11.8 Å². The van der Waals surface area contributed by atoms with E-state index < -0.39 is 9.84 Å². The van der Waals surface area contributed by atoms with Crippen molar-refractivity contribution in [1.29, 1.82) is 0 Å². The van der Waals surface area contributed by atoms with Crippen molar-refractivity contribution in [3.63, 3.8) is 0 Å². The fourth-order valence-corrected chi connectivity index (χ4v) is 3.36. The maximum atomic E-state index is 12.0. The van der Waals surface area contributed by atoms with Gasteiger partial charge in [-0.3, -0.25) is 9.69 Å². The Balaban J connectivity index is 2.55. The van der Waals surface area contributed by atoms with Crippen molar-refractivity contribution in [1.82, 2.24) is 4.98 Å². The third-order valence-electron chi connectivity index (χ3n) is 3.02. The van der Waals surface area contributed by atoms with Crippen LogP contribution in [0, 0.1) is 5.21 Å². The lowest BCUT2D eigenvalue weighted by Crippen LogP contribution is -2.70. The Morgan fingerprint density at radius 3 is 2.52 bits per heavy atom. The first-order valence-electron chi connectivity index (χ1n) is 6.45. The van der Waals surface area contributed by atoms with Gasteiger partial charge in [-0.1, -0.05) is 11.6 Å². The van der Waals surface area contributed by atoms with E-state index in [2.05, 4.69) is 4.98 Å². The molecular weight excluding hydrogens is 342 g/mol. The monoisotopic (exact) mass is 355 g/mol. The highest BCUT2D eigenvalue weighted by Crippen LogP contribution is 2.31. The Hall–Kier alpha value is -2.00. The highest BCUT2D eigenvalue weighted by Gasteiger charge is 2.19. The van der Waals surface area contributed by atoms with Crippen LogP contribution in [0.4, 0.5) is 17.2 Å². The molecule has 0 spiro atoms. The number of hydrogen-bond donors (Lipinski definition) is 1. The van der Waals surface area contributed by atoms with Crippen LogP contribution in [-0.2, 0) is 14.6 Å². The van der Waals surface area contributed by atoms with E-state index in [0.29, 0.717) is 16.9 Å². The van der Waals surface area contributed by atoms with Crippen LogP contribution in [0.15, 0.2) is 41.4 Å². The number of carbonyl (C=O) groups excluding carboxylic acids is 1. The van der Waals surface area contributed by atoms with Crippen LogP contribution < -0.4 is 10.4 Å². The van der Waals surface area contributed by atoms with E-state index in [-0.39, 0.29) is 21.6 Å². The number of nitrogens with zero attached hydrogens (tertiary/aromatic N) is 2. The molecule has 7 nitrogen and oxygen atoms in total. The van der Waals surface area contributed by atoms with Crippen molar-refractivity contribution in [3.05, 3.63) is 46.8 Å². The van der Waals surface area contributed by atoms with Crippen LogP contribution in [0.2, 0.25) is 5.02 Å². The number of rotatable bonds is 4. The third-order valence-corrected chi connectivity index (χ3v) is 4.60. The number of benzene rings is 1. The Morgan fingerprint density at radius 2 is 2.00 bits per heavy atom. The Kier molecular flexibility index (Phi) is 5.00. The Morgan fingerprint density at radius 1 is 1.30 bits per heavy atom. The van der Waals surface area contributed by atoms with E-state index in [9.17, 15) is 18.4 Å². The summed E-state index contributed by atoms with van der Waals surface area (Å²) in [6, 6.07) is 7.11. The summed E-state index contributed by atoms with van der Waals surface area (Å²) in [5.41, 5.74) is 1.36. The number of sulfone groups is 1. The summed E-state index contributed by atoms with van der Waals surface area (Å²) in [5, 5.41) is 10.9. The van der Waals surface area contributed by atoms with Crippen LogP contribution in [0.25, 0.3) is 0 Å². The number of carbonyl (C=O) groups is 1. The fraction of sp³-hybridized carbons (Fsp3) is 0.143. The Bertz CT molecular complexity index is 855. The normalized spacial score (nSPS) is 11.3. The second-order valence-corrected chi connectivity index (χ2v) is 7.20. The SMILES string of the molecule is CC(=O)N(c1ccc(S(C)(=O)=O)c(Cl)c1)c1cc([NH2+][O-])ccn1. The lowest BCUT2D eigenvalue weighted by Gasteiger charge is -2.21. The van der Waals surface area contributed by atoms with Gasteiger partial charge in [0.05, 0.1) is 15.6 Å². The molecule has 0 aliphatic carbocycles. The van der Waals surface area contributed by atoms with Crippen LogP contribution in [0.1, 0.15) is 6.92 Å². The van der Waals surface area contributed by atoms with Crippen LogP contribution >= 0.6 is 11.6 Å². The summed E-state index contributed by atoms with van der Waals surface area (Å²) >= 11 is 6.02. The molecule has 2 rings (SSSR count). The summed E-state index contributed by atoms with van der Waals surface area (Å²) in [6.45, 7) is 1.33. The smallest absolute Gasteiger partial charge is 0.229 e. The number of amides is 1. The minimum atomic E-state index is -3.47. The van der Waals surface area contributed by atoms with Gasteiger partial charge in [-0.15, -0.1) is 0 Å². The molecule has 1 aromatic heterocycles. The molecule has 0 atom stereocenters. The molecule has 1 aromatic carbocycles. The number of hydrogen-bond acceptors (Lipinski definition) is 5. The van der Waals surface area contributed by atoms with Gasteiger partial charge in [-0.05, 0) is 18.2 Å². The number of aromatic nitrogens is 1. The third kappa shape index (κ3) is 3.85. The molecule has 0 fully saturated rings. The topological polar surface area (TPSA) is 107 Å². The van der Waals surface area contributed by atoms with Gasteiger partial charge in [0.15, 0.2) is 9.84 Å². The molecule has 0 saturated heterocycles. The second kappa shape index (κ2) is 6.63. The lowest BCUT2D eigenvalue weighted by molar-refractivity contribution is -0.497. The van der Waals surface area contributed by atoms with Crippen molar-refractivity contribution in [2.24, 2.45) is 0 Å². The Labute approximate surface area is 138 Å². The van der Waals surface area contributed by atoms with Crippen LogP contribution in [0.3, 0.4) is 0 Å². The summed E-state index contributed by atoms with van der Waals surface area (Å²) in [5.74, 6) is -0.117. The highest BCUT2D eigenvalue weighted by molar-refractivity contribution is 7.90. The fourth-order valence-electron chi connectivity index (χ4n) is 2.03. The number of anilines is 2. The molecule has 2 N–H and O–H groups in total. The van der Waals surface area contributed by atoms with E-state index in [0.717, 1.165) is 6.26 Å². The minimum absolute atomic E-state index is 0.00259. The molecule has 2 aromatic rings. The van der Waals surface area contributed by atoms with Crippen molar-refractivity contribution >= 4 is 44.5 Å². The molecule has 0 aliphatic heterocycles. The quantitative estimate of drug-likeness (QED) is 0.836. The molecule has 1 amide bonds. The largest absolute Gasteiger partial charge is 0.630 e. The summed E-state index contributed by atoms with van der Waals surface area (Å²) in [4.78, 5) is 17.3. The molecule has 0 saturated carbocycles. The van der Waals surface area contributed by atoms with Crippen molar-refractivity contribution < 1.29 is 18.7 Å². The van der Waals surface area contributed by atoms with E-state index in [1.807, 2.05) is 0 Å². The average Bonchev–Trinajstić information content (AvgIpc) is 2.46. The number of quaternary nitrogens is 1. The van der Waals surface area contributed by atoms with E-state index in [4.69, 9.17) is 11.6 Å². The van der Waals surface area contributed by atoms with Gasteiger partial charge < -0.3 is 10.7 Å². The average molecular weight is 356 g/mol. The van der Waals surface area contributed by atoms with Crippen LogP contribution in [0.5, 0.6) is 0 Å². The number of halogens is 1. The molecule has 0 unspecified atom stereocenters. The summed E-state index contributed by atoms with van der Waals surface area (Å²) < 4.78 is 23.2. The maximum Gasteiger partial charge on any atom is 0.229 e. The van der Waals surface area contributed by atoms with Gasteiger partial charge in [0, 0.05) is 31.5 Å². The zero-order valence-corrected chi connectivity index (χ0v) is 13.9. The highest BCUT2D eigenvalue weighted by atomic mass is 35.5. The molecule has 122 valence electrons. The van der Waals surface area contributed by atoms with E-state index >= 15 is 0 Å². The zero-order chi connectivity index (χ0) is 17.2. The van der Waals surface area contributed by atoms with E-state index in [1.54, 1.807) is 0 Å². The molecule has 23 heavy (non-hydrogen) atoms. The van der Waals surface area contributed by atoms with Gasteiger partial charge in [-0.2, -0.15) is 0 Å². The van der Waals surface area contributed by atoms with Gasteiger partial charge >= 0.3 is 0 Å². The first kappa shape index (κ1) is 17.4. The first-order chi connectivity index (χ1) is 10.7. The molecular formula is C14H14ClN3O4S. The minimum Gasteiger partial charge on any atom is -0.630 e. The van der Waals surface area contributed by atoms with Gasteiger partial charge in [0.25, 0.3) is 0 Å². The second-order valence-electron chi connectivity index (χ2n) is 4.81. The van der Waals surface area contributed by atoms with E-state index in [1.165, 1.54) is 48.4 Å². The lowest BCUT2D eigenvalue weighted by atomic mass is 10.2. The molecule has 1 heterocycles. The maximum absolute atomic E-state index is 12.0. The molecule has 0 radical (unpaired) electrons. The number of nitrogens with two attached hydrogens (primary N) is 1. The summed E-state index contributed by atoms with van der Waals surface area (Å²) in [7, 11) is -3.47. The van der Waals surface area contributed by atoms with Crippen molar-refractivity contribution in [3.8, 4) is 0 Å². The molecule has 9 heteroatoms. The van der Waals surface area contributed by atoms with Crippen LogP contribution in [-0.4, -0.2) is 25.6 Å². The van der Waals surface area contributed by atoms with Gasteiger partial charge in [0.1, 0.15) is 11.5 Å². The zero-order valence-electron chi connectivity index (χ0n) is 12.4. The van der Waals surface area contributed by atoms with Gasteiger partial charge in [0.2, 0.25) is 5.91 Å². The molecule has 0 bridgehead atoms. The first-order valence-corrected chi connectivity index (χ1v) is 8.72. The molecule has 0 aliphatic rings. The van der Waals surface area contributed by atoms with Crippen molar-refractivity contribution in [2.75, 3.05) is 11.2 Å².